The molecule has 0 aromatic rings. The molecule has 0 bridgehead atoms. The number of ether oxygens (including phenoxy) is 6. The third kappa shape index (κ3) is 12.3. The molecule has 1 atom stereocenters. The van der Waals surface area contributed by atoms with Crippen LogP contribution in [-0.4, -0.2) is 88.2 Å². The highest BCUT2D eigenvalue weighted by Crippen LogP contribution is 2.42. The van der Waals surface area contributed by atoms with Gasteiger partial charge in [-0.1, -0.05) is 40.9 Å². The summed E-state index contributed by atoms with van der Waals surface area (Å²) in [5.74, 6) is -0.0951. The number of rotatable bonds is 16. The third-order valence-corrected chi connectivity index (χ3v) is 8.67. The number of amides is 2. The number of nitrogens with one attached hydrogen (secondary N) is 2. The number of methoxy groups -OCH3 is 2. The normalized spacial score (nSPS) is 20.8. The monoisotopic (exact) mass is 580 g/mol. The number of hydrogen-bond donors (Lipinski definition) is 2. The Morgan fingerprint density at radius 3 is 2.16 bits per heavy atom. The van der Waals surface area contributed by atoms with Gasteiger partial charge in [-0.25, -0.2) is 14.4 Å². The van der Waals surface area contributed by atoms with Crippen LogP contribution in [0.5, 0.6) is 0 Å². The fourth-order valence-electron chi connectivity index (χ4n) is 4.35. The molecule has 0 spiro atoms. The molecule has 0 aromatic heterocycles. The predicted octanol–water partition coefficient (Wildman–Crippen LogP) is 3.37. The largest absolute Gasteiger partial charge is 0.469 e. The molecular weight excluding hydrogens is 540 g/mol. The van der Waals surface area contributed by atoms with Crippen molar-refractivity contribution in [1.29, 1.82) is 0 Å². The van der Waals surface area contributed by atoms with Crippen LogP contribution in [0.3, 0.4) is 0 Å². The average molecular weight is 581 g/mol. The molecule has 1 heterocycles. The van der Waals surface area contributed by atoms with Crippen LogP contribution in [0, 0.1) is 5.41 Å². The molecule has 1 saturated carbocycles. The standard InChI is InChI=1S/C24H40N2O10S2/c1-17-35-20(36-17)15-24(9-5-4-6-10-24)16-25-22(29)33-11-13-37-38-14-12-34-23(30)26-18(21(28)32-3)7-8-19(27)31-2/h17-18,20H,4-16H2,1-3H3,(H,25,29)(H,26,30). The summed E-state index contributed by atoms with van der Waals surface area (Å²) in [6.07, 6.45) is 4.77. The lowest BCUT2D eigenvalue weighted by molar-refractivity contribution is -0.383. The molecule has 38 heavy (non-hydrogen) atoms. The molecule has 218 valence electrons. The van der Waals surface area contributed by atoms with Gasteiger partial charge in [0.25, 0.3) is 0 Å². The highest BCUT2D eigenvalue weighted by molar-refractivity contribution is 8.76. The maximum atomic E-state index is 12.2. The summed E-state index contributed by atoms with van der Waals surface area (Å²) in [5.41, 5.74) is -0.0167. The molecular formula is C24H40N2O10S2. The van der Waals surface area contributed by atoms with Gasteiger partial charge in [0.1, 0.15) is 19.3 Å². The van der Waals surface area contributed by atoms with E-state index in [1.54, 1.807) is 0 Å². The maximum Gasteiger partial charge on any atom is 0.407 e. The van der Waals surface area contributed by atoms with Crippen molar-refractivity contribution in [1.82, 2.24) is 10.6 Å². The van der Waals surface area contributed by atoms with Crippen LogP contribution >= 0.6 is 21.6 Å². The van der Waals surface area contributed by atoms with Gasteiger partial charge in [0.2, 0.25) is 0 Å². The first-order valence-electron chi connectivity index (χ1n) is 12.8. The second-order valence-corrected chi connectivity index (χ2v) is 11.8. The van der Waals surface area contributed by atoms with E-state index < -0.39 is 30.2 Å². The fourth-order valence-corrected chi connectivity index (χ4v) is 6.00. The van der Waals surface area contributed by atoms with Crippen LogP contribution in [-0.2, 0) is 38.0 Å². The first-order chi connectivity index (χ1) is 18.3. The molecule has 1 aliphatic carbocycles. The third-order valence-electron chi connectivity index (χ3n) is 6.33. The second kappa shape index (κ2) is 17.6. The van der Waals surface area contributed by atoms with E-state index in [9.17, 15) is 19.2 Å². The molecule has 12 nitrogen and oxygen atoms in total. The lowest BCUT2D eigenvalue weighted by Gasteiger charge is -2.43. The Labute approximate surface area is 231 Å². The predicted molar refractivity (Wildman–Crippen MR) is 141 cm³/mol. The number of alkyl carbamates (subject to hydrolysis) is 2. The molecule has 2 aliphatic rings. The number of esters is 2. The van der Waals surface area contributed by atoms with Crippen LogP contribution in [0.15, 0.2) is 0 Å². The minimum Gasteiger partial charge on any atom is -0.469 e. The minimum absolute atomic E-state index is 0.0167. The van der Waals surface area contributed by atoms with Gasteiger partial charge in [-0.3, -0.25) is 4.79 Å². The lowest BCUT2D eigenvalue weighted by Crippen LogP contribution is -2.47. The van der Waals surface area contributed by atoms with E-state index >= 15 is 0 Å². The Morgan fingerprint density at radius 2 is 1.58 bits per heavy atom. The van der Waals surface area contributed by atoms with E-state index in [2.05, 4.69) is 20.1 Å². The molecule has 0 radical (unpaired) electrons. The number of hydrogen-bond acceptors (Lipinski definition) is 12. The van der Waals surface area contributed by atoms with Gasteiger partial charge in [-0.2, -0.15) is 0 Å². The Bertz CT molecular complexity index is 760. The molecule has 0 aromatic carbocycles. The first-order valence-corrected chi connectivity index (χ1v) is 15.3. The van der Waals surface area contributed by atoms with Gasteiger partial charge >= 0.3 is 24.1 Å². The van der Waals surface area contributed by atoms with E-state index in [0.29, 0.717) is 18.1 Å². The Balaban J connectivity index is 1.52. The molecule has 2 fully saturated rings. The molecule has 14 heteroatoms. The summed E-state index contributed by atoms with van der Waals surface area (Å²) in [6, 6.07) is -1.01. The van der Waals surface area contributed by atoms with Crippen molar-refractivity contribution in [3.05, 3.63) is 0 Å². The van der Waals surface area contributed by atoms with E-state index in [1.165, 1.54) is 42.2 Å². The second-order valence-electron chi connectivity index (χ2n) is 9.14. The quantitative estimate of drug-likeness (QED) is 0.119. The Kier molecular flexibility index (Phi) is 15.0. The average Bonchev–Trinajstić information content (AvgIpc) is 2.90. The maximum absolute atomic E-state index is 12.2. The van der Waals surface area contributed by atoms with E-state index in [-0.39, 0.29) is 44.1 Å². The number of carbonyl (C=O) groups excluding carboxylic acids is 4. The van der Waals surface area contributed by atoms with Gasteiger partial charge in [0, 0.05) is 30.9 Å². The molecule has 1 unspecified atom stereocenters. The fraction of sp³-hybridized carbons (Fsp3) is 0.833. The van der Waals surface area contributed by atoms with Crippen LogP contribution < -0.4 is 10.6 Å². The smallest absolute Gasteiger partial charge is 0.407 e. The van der Waals surface area contributed by atoms with Crippen LogP contribution in [0.25, 0.3) is 0 Å². The van der Waals surface area contributed by atoms with Crippen molar-refractivity contribution in [2.24, 2.45) is 5.41 Å². The van der Waals surface area contributed by atoms with Crippen LogP contribution in [0.1, 0.15) is 58.3 Å². The zero-order valence-electron chi connectivity index (χ0n) is 22.3. The SMILES string of the molecule is COC(=O)CCC(NC(=O)OCCSSCCOC(=O)NCC1(CC2OC(C)O2)CCCCC1)C(=O)OC. The van der Waals surface area contributed by atoms with Crippen LogP contribution in [0.4, 0.5) is 9.59 Å². The molecule has 2 rings (SSSR count). The zero-order chi connectivity index (χ0) is 27.8. The van der Waals surface area contributed by atoms with Crippen molar-refractivity contribution in [3.63, 3.8) is 0 Å². The highest BCUT2D eigenvalue weighted by atomic mass is 33.1. The Morgan fingerprint density at radius 1 is 0.947 bits per heavy atom. The minimum atomic E-state index is -1.01. The molecule has 2 amide bonds. The van der Waals surface area contributed by atoms with Gasteiger partial charge in [0.15, 0.2) is 12.6 Å². The summed E-state index contributed by atoms with van der Waals surface area (Å²) in [4.78, 5) is 47.2. The lowest BCUT2D eigenvalue weighted by atomic mass is 9.71. The van der Waals surface area contributed by atoms with Gasteiger partial charge in [0.05, 0.1) is 14.2 Å². The molecule has 2 N–H and O–H groups in total. The van der Waals surface area contributed by atoms with E-state index in [0.717, 1.165) is 32.1 Å². The summed E-state index contributed by atoms with van der Waals surface area (Å²) in [7, 11) is 5.38. The zero-order valence-corrected chi connectivity index (χ0v) is 24.0. The van der Waals surface area contributed by atoms with E-state index in [4.69, 9.17) is 18.9 Å². The van der Waals surface area contributed by atoms with Crippen LogP contribution in [0.2, 0.25) is 0 Å². The van der Waals surface area contributed by atoms with Gasteiger partial charge in [-0.05, 0) is 31.6 Å². The Hall–Kier alpha value is -1.90. The molecule has 1 saturated heterocycles. The summed E-state index contributed by atoms with van der Waals surface area (Å²) < 4.78 is 30.8. The summed E-state index contributed by atoms with van der Waals surface area (Å²) in [6.45, 7) is 2.79. The number of carbonyl (C=O) groups is 4. The van der Waals surface area contributed by atoms with Gasteiger partial charge < -0.3 is 39.1 Å². The summed E-state index contributed by atoms with van der Waals surface area (Å²) >= 11 is 0. The van der Waals surface area contributed by atoms with Crippen molar-refractivity contribution < 1.29 is 47.6 Å². The highest BCUT2D eigenvalue weighted by Gasteiger charge is 2.39. The van der Waals surface area contributed by atoms with Crippen molar-refractivity contribution >= 4 is 45.7 Å². The summed E-state index contributed by atoms with van der Waals surface area (Å²) in [5, 5.41) is 5.31. The van der Waals surface area contributed by atoms with Crippen molar-refractivity contribution in [2.45, 2.75) is 76.9 Å². The first kappa shape index (κ1) is 32.3. The van der Waals surface area contributed by atoms with Gasteiger partial charge in [-0.15, -0.1) is 0 Å². The topological polar surface area (TPSA) is 148 Å². The van der Waals surface area contributed by atoms with Crippen molar-refractivity contribution in [3.8, 4) is 0 Å². The van der Waals surface area contributed by atoms with E-state index in [1.807, 2.05) is 6.92 Å². The molecule has 1 aliphatic heterocycles. The van der Waals surface area contributed by atoms with Crippen molar-refractivity contribution in [2.75, 3.05) is 45.5 Å².